The van der Waals surface area contributed by atoms with E-state index in [1.807, 2.05) is 0 Å². The van der Waals surface area contributed by atoms with Crippen LogP contribution in [-0.4, -0.2) is 4.57 Å². The summed E-state index contributed by atoms with van der Waals surface area (Å²) in [5.74, 6) is 0.279. The fourth-order valence-corrected chi connectivity index (χ4v) is 8.58. The van der Waals surface area contributed by atoms with Crippen LogP contribution in [0.2, 0.25) is 0 Å². The molecule has 0 amide bonds. The van der Waals surface area contributed by atoms with Gasteiger partial charge in [0.25, 0.3) is 0 Å². The Morgan fingerprint density at radius 2 is 0.825 bits per heavy atom. The Bertz CT molecular complexity index is 2840. The summed E-state index contributed by atoms with van der Waals surface area (Å²) in [6.45, 7) is 2.36. The number of nitrogens with zero attached hydrogens (tertiary/aromatic N) is 2. The topological polar surface area (TPSA) is 8.17 Å². The first-order chi connectivity index (χ1) is 28.2. The predicted octanol–water partition coefficient (Wildman–Crippen LogP) is 14.9. The highest BCUT2D eigenvalue weighted by Crippen LogP contribution is 2.41. The van der Waals surface area contributed by atoms with Crippen molar-refractivity contribution in [2.75, 3.05) is 4.90 Å². The molecule has 0 N–H and O–H groups in total. The molecule has 0 radical (unpaired) electrons. The Kier molecular flexibility index (Phi) is 8.93. The normalized spacial score (nSPS) is 14.0. The van der Waals surface area contributed by atoms with Crippen LogP contribution in [0.5, 0.6) is 0 Å². The van der Waals surface area contributed by atoms with E-state index in [4.69, 9.17) is 0 Å². The number of para-hydroxylation sites is 2. The minimum absolute atomic E-state index is 0.279. The lowest BCUT2D eigenvalue weighted by Gasteiger charge is -2.34. The first kappa shape index (κ1) is 34.3. The summed E-state index contributed by atoms with van der Waals surface area (Å²) in [6, 6.07) is 74.7. The molecular formula is C55H42N2. The molecule has 2 heteroatoms. The van der Waals surface area contributed by atoms with Gasteiger partial charge in [0.15, 0.2) is 0 Å². The summed E-state index contributed by atoms with van der Waals surface area (Å²) in [4.78, 5) is 2.45. The van der Waals surface area contributed by atoms with Crippen molar-refractivity contribution in [2.45, 2.75) is 13.3 Å². The summed E-state index contributed by atoms with van der Waals surface area (Å²) in [5, 5.41) is 2.56. The van der Waals surface area contributed by atoms with Gasteiger partial charge in [-0.05, 0) is 106 Å². The molecule has 272 valence electrons. The van der Waals surface area contributed by atoms with Crippen LogP contribution in [-0.2, 0) is 0 Å². The fraction of sp³-hybridized carbons (Fsp3) is 0.0545. The largest absolute Gasteiger partial charge is 0.314 e. The smallest absolute Gasteiger partial charge is 0.0541 e. The van der Waals surface area contributed by atoms with Gasteiger partial charge in [-0.25, -0.2) is 0 Å². The van der Waals surface area contributed by atoms with Crippen LogP contribution in [0.4, 0.5) is 11.4 Å². The number of anilines is 2. The summed E-state index contributed by atoms with van der Waals surface area (Å²) in [5.41, 5.74) is 17.1. The van der Waals surface area contributed by atoms with Gasteiger partial charge < -0.3 is 9.47 Å². The highest BCUT2D eigenvalue weighted by atomic mass is 15.2. The molecule has 1 aliphatic rings. The van der Waals surface area contributed by atoms with Crippen LogP contribution in [0.1, 0.15) is 18.9 Å². The second kappa shape index (κ2) is 14.8. The molecule has 0 fully saturated rings. The van der Waals surface area contributed by atoms with Crippen LogP contribution in [0.3, 0.4) is 0 Å². The van der Waals surface area contributed by atoms with E-state index in [1.54, 1.807) is 0 Å². The second-order valence-electron chi connectivity index (χ2n) is 15.0. The molecule has 8 aromatic carbocycles. The number of benzene rings is 8. The molecule has 2 nitrogen and oxygen atoms in total. The van der Waals surface area contributed by atoms with E-state index < -0.39 is 0 Å². The quantitative estimate of drug-likeness (QED) is 0.151. The number of hydrogen-bond donors (Lipinski definition) is 0. The van der Waals surface area contributed by atoms with E-state index in [0.717, 1.165) is 17.8 Å². The number of hydrogen-bond acceptors (Lipinski definition) is 1. The maximum absolute atomic E-state index is 2.45. The van der Waals surface area contributed by atoms with Crippen molar-refractivity contribution in [1.82, 2.24) is 4.57 Å². The summed E-state index contributed by atoms with van der Waals surface area (Å²) in [7, 11) is 0. The Labute approximate surface area is 334 Å². The summed E-state index contributed by atoms with van der Waals surface area (Å²) in [6.07, 6.45) is 5.62. The standard InChI is InChI=1S/C55H42N2/c1-39-37-47(46-17-12-18-50(38-46)57-54-21-10-8-19-51(54)52-20-9-11-22-55(52)57)31-36-53(39)56(48-32-27-44(28-33-48)41-15-6-3-7-16-41)49-34-29-45(30-35-49)43-25-23-42(24-26-43)40-13-4-2-5-14-40/h2-36,38-39H,37H2,1H3. The maximum atomic E-state index is 2.45. The molecule has 1 aliphatic carbocycles. The Morgan fingerprint density at radius 3 is 1.32 bits per heavy atom. The minimum Gasteiger partial charge on any atom is -0.314 e. The van der Waals surface area contributed by atoms with Gasteiger partial charge in [-0.2, -0.15) is 0 Å². The molecular weight excluding hydrogens is 689 g/mol. The van der Waals surface area contributed by atoms with Crippen molar-refractivity contribution in [2.24, 2.45) is 5.92 Å². The molecule has 0 bridgehead atoms. The third-order valence-electron chi connectivity index (χ3n) is 11.5. The molecule has 10 rings (SSSR count). The minimum atomic E-state index is 0.279. The molecule has 1 unspecified atom stereocenters. The lowest BCUT2D eigenvalue weighted by molar-refractivity contribution is 0.680. The van der Waals surface area contributed by atoms with Gasteiger partial charge in [-0.3, -0.25) is 0 Å². The predicted molar refractivity (Wildman–Crippen MR) is 242 cm³/mol. The molecule has 57 heavy (non-hydrogen) atoms. The molecule has 0 saturated carbocycles. The molecule has 0 spiro atoms. The second-order valence-corrected chi connectivity index (χ2v) is 15.0. The highest BCUT2D eigenvalue weighted by Gasteiger charge is 2.24. The van der Waals surface area contributed by atoms with Gasteiger partial charge in [0.1, 0.15) is 0 Å². The van der Waals surface area contributed by atoms with Crippen LogP contribution >= 0.6 is 0 Å². The van der Waals surface area contributed by atoms with Crippen molar-refractivity contribution < 1.29 is 0 Å². The molecule has 1 aromatic heterocycles. The lowest BCUT2D eigenvalue weighted by Crippen LogP contribution is -2.23. The average molecular weight is 731 g/mol. The Balaban J connectivity index is 1.01. The van der Waals surface area contributed by atoms with Crippen molar-refractivity contribution in [3.63, 3.8) is 0 Å². The van der Waals surface area contributed by atoms with E-state index in [2.05, 4.69) is 235 Å². The van der Waals surface area contributed by atoms with Gasteiger partial charge in [-0.1, -0.05) is 171 Å². The van der Waals surface area contributed by atoms with Crippen molar-refractivity contribution in [1.29, 1.82) is 0 Å². The number of aromatic nitrogens is 1. The molecule has 0 saturated heterocycles. The van der Waals surface area contributed by atoms with Gasteiger partial charge in [0.05, 0.1) is 11.0 Å². The summed E-state index contributed by atoms with van der Waals surface area (Å²) < 4.78 is 2.41. The van der Waals surface area contributed by atoms with Gasteiger partial charge in [-0.15, -0.1) is 0 Å². The van der Waals surface area contributed by atoms with E-state index >= 15 is 0 Å². The number of allylic oxidation sites excluding steroid dienone is 4. The Hall–Kier alpha value is -7.16. The first-order valence-corrected chi connectivity index (χ1v) is 19.9. The van der Waals surface area contributed by atoms with E-state index in [9.17, 15) is 0 Å². The van der Waals surface area contributed by atoms with Crippen molar-refractivity contribution in [3.8, 4) is 39.1 Å². The molecule has 1 heterocycles. The SMILES string of the molecule is CC1CC(c2cccc(-n3c4ccccc4c4ccccc43)c2)=CC=C1N(c1ccc(-c2ccccc2)cc1)c1ccc(-c2ccc(-c3ccccc3)cc2)cc1. The number of rotatable bonds is 8. The van der Waals surface area contributed by atoms with E-state index in [0.29, 0.717) is 0 Å². The Morgan fingerprint density at radius 1 is 0.404 bits per heavy atom. The lowest BCUT2D eigenvalue weighted by atomic mass is 9.87. The van der Waals surface area contributed by atoms with Gasteiger partial charge in [0, 0.05) is 39.4 Å². The van der Waals surface area contributed by atoms with Gasteiger partial charge >= 0.3 is 0 Å². The summed E-state index contributed by atoms with van der Waals surface area (Å²) >= 11 is 0. The third kappa shape index (κ3) is 6.56. The van der Waals surface area contributed by atoms with Crippen molar-refractivity contribution >= 4 is 38.8 Å². The van der Waals surface area contributed by atoms with Crippen LogP contribution in [0.15, 0.2) is 224 Å². The number of fused-ring (bicyclic) bond motifs is 3. The fourth-order valence-electron chi connectivity index (χ4n) is 8.58. The van der Waals surface area contributed by atoms with Crippen LogP contribution < -0.4 is 4.90 Å². The zero-order chi connectivity index (χ0) is 38.1. The van der Waals surface area contributed by atoms with Crippen LogP contribution in [0.25, 0.3) is 66.4 Å². The van der Waals surface area contributed by atoms with E-state index in [-0.39, 0.29) is 5.92 Å². The zero-order valence-electron chi connectivity index (χ0n) is 32.0. The highest BCUT2D eigenvalue weighted by molar-refractivity contribution is 6.09. The van der Waals surface area contributed by atoms with Gasteiger partial charge in [0.2, 0.25) is 0 Å². The van der Waals surface area contributed by atoms with Crippen molar-refractivity contribution in [3.05, 3.63) is 230 Å². The first-order valence-electron chi connectivity index (χ1n) is 19.9. The molecule has 0 aliphatic heterocycles. The zero-order valence-corrected chi connectivity index (χ0v) is 32.0. The molecule has 9 aromatic rings. The van der Waals surface area contributed by atoms with E-state index in [1.165, 1.54) is 77.7 Å². The average Bonchev–Trinajstić information content (AvgIpc) is 3.63. The molecule has 1 atom stereocenters. The third-order valence-corrected chi connectivity index (χ3v) is 11.5. The van der Waals surface area contributed by atoms with Crippen LogP contribution in [0, 0.1) is 5.92 Å². The monoisotopic (exact) mass is 730 g/mol. The maximum Gasteiger partial charge on any atom is 0.0541 e.